The third-order valence-corrected chi connectivity index (χ3v) is 1.45. The Kier molecular flexibility index (Phi) is 3.42. The molecule has 4 heteroatoms. The van der Waals surface area contributed by atoms with Crippen LogP contribution in [0.5, 0.6) is 0 Å². The van der Waals surface area contributed by atoms with Gasteiger partial charge >= 0.3 is 0 Å². The minimum absolute atomic E-state index is 0.477. The Morgan fingerprint density at radius 1 is 1.46 bits per heavy atom. The molecule has 0 N–H and O–H groups in total. The maximum Gasteiger partial charge on any atom is 0.0926 e. The van der Waals surface area contributed by atoms with E-state index in [1.54, 1.807) is 0 Å². The van der Waals surface area contributed by atoms with Crippen molar-refractivity contribution in [3.63, 3.8) is 0 Å². The van der Waals surface area contributed by atoms with Crippen molar-refractivity contribution in [2.24, 2.45) is 5.11 Å². The lowest BCUT2D eigenvalue weighted by atomic mass is 10.2. The van der Waals surface area contributed by atoms with Crippen LogP contribution in [0.1, 0.15) is 5.56 Å². The molecule has 0 fully saturated rings. The Hall–Kier alpha value is -1.93. The van der Waals surface area contributed by atoms with Gasteiger partial charge in [-0.3, -0.25) is 0 Å². The van der Waals surface area contributed by atoms with E-state index < -0.39 is 0 Å². The van der Waals surface area contributed by atoms with E-state index in [-0.39, 0.29) is 0 Å². The molecular weight excluding hydrogens is 166 g/mol. The van der Waals surface area contributed by atoms with Crippen molar-refractivity contribution in [2.75, 3.05) is 7.11 Å². The Morgan fingerprint density at radius 2 is 2.15 bits per heavy atom. The second kappa shape index (κ2) is 4.85. The van der Waals surface area contributed by atoms with Crippen LogP contribution in [0.15, 0.2) is 41.7 Å². The van der Waals surface area contributed by atoms with Crippen LogP contribution >= 0.6 is 0 Å². The van der Waals surface area contributed by atoms with E-state index >= 15 is 0 Å². The second-order valence-electron chi connectivity index (χ2n) is 2.29. The molecule has 0 aliphatic carbocycles. The van der Waals surface area contributed by atoms with Crippen LogP contribution < -0.4 is 0 Å². The van der Waals surface area contributed by atoms with Crippen molar-refractivity contribution in [2.45, 2.75) is 0 Å². The monoisotopic (exact) mass is 175 g/mol. The Bertz CT molecular complexity index is 339. The van der Waals surface area contributed by atoms with Crippen LogP contribution in [0.4, 0.5) is 0 Å². The number of methoxy groups -OCH3 is 1. The molecule has 0 bridgehead atoms. The predicted molar refractivity (Wildman–Crippen MR) is 50.6 cm³/mol. The van der Waals surface area contributed by atoms with E-state index in [2.05, 4.69) is 10.0 Å². The summed E-state index contributed by atoms with van der Waals surface area (Å²) in [6.45, 7) is 0. The average molecular weight is 175 g/mol. The van der Waals surface area contributed by atoms with Crippen molar-refractivity contribution in [1.29, 1.82) is 0 Å². The Morgan fingerprint density at radius 3 is 2.69 bits per heavy atom. The standard InChI is InChI=1S/C9H9N3O/c1-13-7-9(11-12-10)8-5-3-2-4-6-8/h2-7H,1H3/b9-7-. The first-order valence-corrected chi connectivity index (χ1v) is 3.72. The van der Waals surface area contributed by atoms with Gasteiger partial charge in [-0.15, -0.1) is 0 Å². The molecular formula is C9H9N3O. The molecule has 0 aromatic heterocycles. The third-order valence-electron chi connectivity index (χ3n) is 1.45. The molecule has 0 spiro atoms. The van der Waals surface area contributed by atoms with Crippen molar-refractivity contribution in [1.82, 2.24) is 0 Å². The normalized spacial score (nSPS) is 10.4. The highest BCUT2D eigenvalue weighted by atomic mass is 16.5. The third kappa shape index (κ3) is 2.54. The number of benzene rings is 1. The highest BCUT2D eigenvalue weighted by molar-refractivity contribution is 5.63. The lowest BCUT2D eigenvalue weighted by Gasteiger charge is -1.98. The van der Waals surface area contributed by atoms with Crippen molar-refractivity contribution >= 4 is 5.70 Å². The lowest BCUT2D eigenvalue weighted by Crippen LogP contribution is -1.80. The molecule has 0 aliphatic heterocycles. The quantitative estimate of drug-likeness (QED) is 0.301. The molecule has 4 nitrogen and oxygen atoms in total. The van der Waals surface area contributed by atoms with Gasteiger partial charge in [-0.05, 0) is 11.1 Å². The molecule has 1 aromatic carbocycles. The van der Waals surface area contributed by atoms with Crippen LogP contribution in [-0.2, 0) is 4.74 Å². The molecule has 0 unspecified atom stereocenters. The van der Waals surface area contributed by atoms with E-state index in [1.807, 2.05) is 30.3 Å². The summed E-state index contributed by atoms with van der Waals surface area (Å²) in [5, 5.41) is 3.50. The fourth-order valence-electron chi connectivity index (χ4n) is 0.918. The molecule has 13 heavy (non-hydrogen) atoms. The summed E-state index contributed by atoms with van der Waals surface area (Å²) in [6.07, 6.45) is 1.41. The van der Waals surface area contributed by atoms with Gasteiger partial charge in [0.1, 0.15) is 0 Å². The first-order valence-electron chi connectivity index (χ1n) is 3.72. The molecule has 0 heterocycles. The molecule has 0 aliphatic rings. The maximum absolute atomic E-state index is 8.29. The van der Waals surface area contributed by atoms with E-state index in [1.165, 1.54) is 13.4 Å². The van der Waals surface area contributed by atoms with Gasteiger partial charge in [0.25, 0.3) is 0 Å². The molecule has 0 amide bonds. The molecule has 0 radical (unpaired) electrons. The van der Waals surface area contributed by atoms with Gasteiger partial charge in [-0.2, -0.15) is 0 Å². The summed E-state index contributed by atoms with van der Waals surface area (Å²) in [5.74, 6) is 0. The van der Waals surface area contributed by atoms with Crippen LogP contribution in [0.25, 0.3) is 16.1 Å². The Balaban J connectivity index is 3.03. The number of nitrogens with zero attached hydrogens (tertiary/aromatic N) is 3. The summed E-state index contributed by atoms with van der Waals surface area (Å²) >= 11 is 0. The largest absolute Gasteiger partial charge is 0.504 e. The average Bonchev–Trinajstić information content (AvgIpc) is 2.19. The number of azide groups is 1. The molecule has 0 saturated heterocycles. The highest BCUT2D eigenvalue weighted by Crippen LogP contribution is 2.14. The van der Waals surface area contributed by atoms with Gasteiger partial charge in [-0.1, -0.05) is 35.4 Å². The van der Waals surface area contributed by atoms with Gasteiger partial charge in [0.15, 0.2) is 0 Å². The SMILES string of the molecule is CO/C=C(\N=[N+]=[N-])c1ccccc1. The van der Waals surface area contributed by atoms with Crippen LogP contribution in [-0.4, -0.2) is 7.11 Å². The van der Waals surface area contributed by atoms with Crippen molar-refractivity contribution < 1.29 is 4.74 Å². The predicted octanol–water partition coefficient (Wildman–Crippen LogP) is 2.94. The number of hydrogen-bond donors (Lipinski definition) is 0. The molecule has 66 valence electrons. The van der Waals surface area contributed by atoms with Crippen LogP contribution in [0.2, 0.25) is 0 Å². The highest BCUT2D eigenvalue weighted by Gasteiger charge is 1.96. The molecule has 0 atom stereocenters. The summed E-state index contributed by atoms with van der Waals surface area (Å²) in [7, 11) is 1.51. The molecule has 0 saturated carbocycles. The van der Waals surface area contributed by atoms with Crippen LogP contribution in [0.3, 0.4) is 0 Å². The fraction of sp³-hybridized carbons (Fsp3) is 0.111. The zero-order chi connectivity index (χ0) is 9.52. The van der Waals surface area contributed by atoms with Gasteiger partial charge in [0.05, 0.1) is 19.1 Å². The zero-order valence-corrected chi connectivity index (χ0v) is 7.21. The topological polar surface area (TPSA) is 58.0 Å². The number of hydrogen-bond acceptors (Lipinski definition) is 2. The Labute approximate surface area is 76.1 Å². The number of ether oxygens (including phenoxy) is 1. The van der Waals surface area contributed by atoms with Crippen molar-refractivity contribution in [3.8, 4) is 0 Å². The summed E-state index contributed by atoms with van der Waals surface area (Å²) in [4.78, 5) is 2.71. The summed E-state index contributed by atoms with van der Waals surface area (Å²) in [5.41, 5.74) is 9.60. The minimum Gasteiger partial charge on any atom is -0.504 e. The van der Waals surface area contributed by atoms with E-state index in [9.17, 15) is 0 Å². The van der Waals surface area contributed by atoms with E-state index in [0.29, 0.717) is 5.70 Å². The minimum atomic E-state index is 0.477. The maximum atomic E-state index is 8.29. The summed E-state index contributed by atoms with van der Waals surface area (Å²) in [6, 6.07) is 9.32. The van der Waals surface area contributed by atoms with E-state index in [4.69, 9.17) is 10.3 Å². The smallest absolute Gasteiger partial charge is 0.0926 e. The van der Waals surface area contributed by atoms with Crippen LogP contribution in [0, 0.1) is 0 Å². The lowest BCUT2D eigenvalue weighted by molar-refractivity contribution is 0.339. The fourth-order valence-corrected chi connectivity index (χ4v) is 0.918. The van der Waals surface area contributed by atoms with Gasteiger partial charge in [0.2, 0.25) is 0 Å². The van der Waals surface area contributed by atoms with Crippen molar-refractivity contribution in [3.05, 3.63) is 52.6 Å². The zero-order valence-electron chi connectivity index (χ0n) is 7.21. The number of rotatable bonds is 3. The summed E-state index contributed by atoms with van der Waals surface area (Å²) < 4.78 is 4.78. The first-order chi connectivity index (χ1) is 6.38. The van der Waals surface area contributed by atoms with Gasteiger partial charge < -0.3 is 4.74 Å². The van der Waals surface area contributed by atoms with Gasteiger partial charge in [0, 0.05) is 4.91 Å². The first kappa shape index (κ1) is 9.16. The van der Waals surface area contributed by atoms with Gasteiger partial charge in [-0.25, -0.2) is 0 Å². The molecule has 1 rings (SSSR count). The van der Waals surface area contributed by atoms with E-state index in [0.717, 1.165) is 5.56 Å². The molecule has 1 aromatic rings. The second-order valence-corrected chi connectivity index (χ2v) is 2.29.